The average Bonchev–Trinajstić information content (AvgIpc) is 3.25. The van der Waals surface area contributed by atoms with Gasteiger partial charge in [-0.2, -0.15) is 0 Å². The SMILES string of the molecule is Cl.Cl.Fc1c(Cl)cccc1[C@H](CC1CC1)N1CCNCC1. The molecule has 1 aromatic carbocycles. The molecule has 1 saturated heterocycles. The Morgan fingerprint density at radius 3 is 2.52 bits per heavy atom. The number of hydrogen-bond acceptors (Lipinski definition) is 2. The van der Waals surface area contributed by atoms with Gasteiger partial charge in [-0.1, -0.05) is 36.6 Å². The number of hydrogen-bond donors (Lipinski definition) is 1. The highest BCUT2D eigenvalue weighted by atomic mass is 35.5. The van der Waals surface area contributed by atoms with Crippen LogP contribution in [0.1, 0.15) is 30.9 Å². The predicted molar refractivity (Wildman–Crippen MR) is 90.4 cm³/mol. The Morgan fingerprint density at radius 1 is 1.24 bits per heavy atom. The molecule has 1 aliphatic carbocycles. The van der Waals surface area contributed by atoms with Crippen LogP contribution in [0.4, 0.5) is 4.39 Å². The van der Waals surface area contributed by atoms with Gasteiger partial charge in [-0.15, -0.1) is 24.8 Å². The molecule has 21 heavy (non-hydrogen) atoms. The second-order valence-electron chi connectivity index (χ2n) is 5.62. The van der Waals surface area contributed by atoms with Crippen molar-refractivity contribution in [2.45, 2.75) is 25.3 Å². The minimum atomic E-state index is -0.228. The van der Waals surface area contributed by atoms with E-state index >= 15 is 0 Å². The first-order valence-corrected chi connectivity index (χ1v) is 7.52. The van der Waals surface area contributed by atoms with Crippen LogP contribution >= 0.6 is 36.4 Å². The Labute approximate surface area is 143 Å². The van der Waals surface area contributed by atoms with Crippen LogP contribution in [0, 0.1) is 11.7 Å². The van der Waals surface area contributed by atoms with Crippen LogP contribution in [0.5, 0.6) is 0 Å². The molecule has 1 aliphatic heterocycles. The fourth-order valence-electron chi connectivity index (χ4n) is 2.91. The molecule has 2 nitrogen and oxygen atoms in total. The summed E-state index contributed by atoms with van der Waals surface area (Å²) in [6.07, 6.45) is 3.66. The van der Waals surface area contributed by atoms with Crippen LogP contribution in [-0.2, 0) is 0 Å². The third kappa shape index (κ3) is 4.70. The van der Waals surface area contributed by atoms with Gasteiger partial charge in [0.2, 0.25) is 0 Å². The second kappa shape index (κ2) is 8.54. The Bertz CT molecular complexity index is 449. The van der Waals surface area contributed by atoms with Gasteiger partial charge in [0.25, 0.3) is 0 Å². The maximum absolute atomic E-state index is 14.3. The summed E-state index contributed by atoms with van der Waals surface area (Å²) in [6.45, 7) is 3.96. The molecular weight excluding hydrogens is 334 g/mol. The third-order valence-electron chi connectivity index (χ3n) is 4.19. The summed E-state index contributed by atoms with van der Waals surface area (Å²) in [7, 11) is 0. The van der Waals surface area contributed by atoms with E-state index in [1.165, 1.54) is 12.8 Å². The summed E-state index contributed by atoms with van der Waals surface area (Å²) in [5.74, 6) is 0.548. The number of halogens is 4. The monoisotopic (exact) mass is 354 g/mol. The van der Waals surface area contributed by atoms with E-state index in [2.05, 4.69) is 10.2 Å². The highest BCUT2D eigenvalue weighted by Gasteiger charge is 2.32. The van der Waals surface area contributed by atoms with E-state index in [1.807, 2.05) is 12.1 Å². The minimum absolute atomic E-state index is 0. The number of piperazine rings is 1. The van der Waals surface area contributed by atoms with Crippen molar-refractivity contribution in [3.63, 3.8) is 0 Å². The van der Waals surface area contributed by atoms with Gasteiger partial charge in [-0.25, -0.2) is 4.39 Å². The highest BCUT2D eigenvalue weighted by molar-refractivity contribution is 6.30. The summed E-state index contributed by atoms with van der Waals surface area (Å²) < 4.78 is 14.3. The first kappa shape index (κ1) is 19.0. The molecule has 3 rings (SSSR count). The zero-order valence-corrected chi connectivity index (χ0v) is 14.2. The smallest absolute Gasteiger partial charge is 0.146 e. The van der Waals surface area contributed by atoms with Gasteiger partial charge in [0, 0.05) is 37.8 Å². The zero-order chi connectivity index (χ0) is 13.2. The molecule has 0 bridgehead atoms. The van der Waals surface area contributed by atoms with Crippen molar-refractivity contribution >= 4 is 36.4 Å². The third-order valence-corrected chi connectivity index (χ3v) is 4.48. The molecule has 1 N–H and O–H groups in total. The van der Waals surface area contributed by atoms with Crippen LogP contribution in [0.25, 0.3) is 0 Å². The Hall–Kier alpha value is -0.0600. The minimum Gasteiger partial charge on any atom is -0.314 e. The van der Waals surface area contributed by atoms with E-state index in [0.717, 1.165) is 44.1 Å². The van der Waals surface area contributed by atoms with E-state index in [4.69, 9.17) is 11.6 Å². The number of nitrogens with zero attached hydrogens (tertiary/aromatic N) is 1. The molecule has 120 valence electrons. The van der Waals surface area contributed by atoms with Crippen LogP contribution in [-0.4, -0.2) is 31.1 Å². The van der Waals surface area contributed by atoms with Crippen molar-refractivity contribution in [1.29, 1.82) is 0 Å². The average molecular weight is 356 g/mol. The lowest BCUT2D eigenvalue weighted by Gasteiger charge is -2.35. The maximum atomic E-state index is 14.3. The lowest BCUT2D eigenvalue weighted by Crippen LogP contribution is -2.45. The molecule has 1 atom stereocenters. The number of benzene rings is 1. The van der Waals surface area contributed by atoms with E-state index in [0.29, 0.717) is 0 Å². The molecule has 1 aromatic rings. The molecule has 0 radical (unpaired) electrons. The van der Waals surface area contributed by atoms with Crippen LogP contribution in [0.15, 0.2) is 18.2 Å². The van der Waals surface area contributed by atoms with Gasteiger partial charge < -0.3 is 5.32 Å². The van der Waals surface area contributed by atoms with Crippen molar-refractivity contribution in [3.05, 3.63) is 34.6 Å². The predicted octanol–water partition coefficient (Wildman–Crippen LogP) is 4.07. The summed E-state index contributed by atoms with van der Waals surface area (Å²) in [4.78, 5) is 2.41. The molecular formula is C15H22Cl3FN2. The molecule has 1 saturated carbocycles. The molecule has 2 fully saturated rings. The lowest BCUT2D eigenvalue weighted by molar-refractivity contribution is 0.157. The van der Waals surface area contributed by atoms with Gasteiger partial charge in [0.15, 0.2) is 0 Å². The highest BCUT2D eigenvalue weighted by Crippen LogP contribution is 2.41. The fourth-order valence-corrected chi connectivity index (χ4v) is 3.10. The van der Waals surface area contributed by atoms with Crippen molar-refractivity contribution in [3.8, 4) is 0 Å². The number of rotatable bonds is 4. The molecule has 1 heterocycles. The van der Waals surface area contributed by atoms with Gasteiger partial charge in [0.05, 0.1) is 5.02 Å². The largest absolute Gasteiger partial charge is 0.314 e. The van der Waals surface area contributed by atoms with Gasteiger partial charge in [0.1, 0.15) is 5.82 Å². The standard InChI is InChI=1S/C15H20ClFN2.2ClH/c16-13-3-1-2-12(15(13)17)14(10-11-4-5-11)19-8-6-18-7-9-19;;/h1-3,11,14,18H,4-10H2;2*1H/t14-;;/m0../s1. The maximum Gasteiger partial charge on any atom is 0.146 e. The number of nitrogens with one attached hydrogen (secondary N) is 1. The van der Waals surface area contributed by atoms with Crippen molar-refractivity contribution in [1.82, 2.24) is 10.2 Å². The van der Waals surface area contributed by atoms with Gasteiger partial charge in [-0.05, 0) is 18.4 Å². The zero-order valence-electron chi connectivity index (χ0n) is 11.9. The van der Waals surface area contributed by atoms with Crippen LogP contribution < -0.4 is 5.32 Å². The Balaban J connectivity index is 0.00000110. The first-order valence-electron chi connectivity index (χ1n) is 7.14. The Morgan fingerprint density at radius 2 is 1.90 bits per heavy atom. The summed E-state index contributed by atoms with van der Waals surface area (Å²) in [6, 6.07) is 5.58. The normalized spacial score (nSPS) is 20.3. The topological polar surface area (TPSA) is 15.3 Å². The van der Waals surface area contributed by atoms with Crippen molar-refractivity contribution in [2.75, 3.05) is 26.2 Å². The summed E-state index contributed by atoms with van der Waals surface area (Å²) in [5, 5.41) is 3.60. The lowest BCUT2D eigenvalue weighted by atomic mass is 9.98. The van der Waals surface area contributed by atoms with Crippen LogP contribution in [0.3, 0.4) is 0 Å². The first-order chi connectivity index (χ1) is 9.25. The van der Waals surface area contributed by atoms with E-state index in [1.54, 1.807) is 6.07 Å². The van der Waals surface area contributed by atoms with E-state index in [-0.39, 0.29) is 41.7 Å². The van der Waals surface area contributed by atoms with Gasteiger partial charge in [-0.3, -0.25) is 4.90 Å². The molecule has 0 unspecified atom stereocenters. The summed E-state index contributed by atoms with van der Waals surface area (Å²) in [5.41, 5.74) is 0.779. The van der Waals surface area contributed by atoms with Crippen molar-refractivity contribution < 1.29 is 4.39 Å². The summed E-state index contributed by atoms with van der Waals surface area (Å²) >= 11 is 5.94. The molecule has 0 aromatic heterocycles. The van der Waals surface area contributed by atoms with Crippen molar-refractivity contribution in [2.24, 2.45) is 5.92 Å². The van der Waals surface area contributed by atoms with E-state index < -0.39 is 0 Å². The fraction of sp³-hybridized carbons (Fsp3) is 0.600. The molecule has 0 spiro atoms. The molecule has 0 amide bonds. The quantitative estimate of drug-likeness (QED) is 0.876. The molecule has 6 heteroatoms. The second-order valence-corrected chi connectivity index (χ2v) is 6.03. The van der Waals surface area contributed by atoms with Crippen LogP contribution in [0.2, 0.25) is 5.02 Å². The molecule has 2 aliphatic rings. The Kier molecular flexibility index (Phi) is 7.72. The van der Waals surface area contributed by atoms with E-state index in [9.17, 15) is 4.39 Å². The van der Waals surface area contributed by atoms with Gasteiger partial charge >= 0.3 is 0 Å².